The summed E-state index contributed by atoms with van der Waals surface area (Å²) in [7, 11) is 0. The maximum atomic E-state index is 10.9. The number of carbonyl (C=O) groups is 4. The second kappa shape index (κ2) is 31.8. The van der Waals surface area contributed by atoms with Gasteiger partial charge in [0.25, 0.3) is 0 Å². The van der Waals surface area contributed by atoms with Crippen LogP contribution in [-0.4, -0.2) is 66.7 Å². The molecule has 2 aliphatic heterocycles. The predicted octanol–water partition coefficient (Wildman–Crippen LogP) is 8.59. The van der Waals surface area contributed by atoms with E-state index in [1.807, 2.05) is 0 Å². The zero-order valence-electron chi connectivity index (χ0n) is 31.5. The van der Waals surface area contributed by atoms with Gasteiger partial charge in [-0.15, -0.1) is 0 Å². The third-order valence-corrected chi connectivity index (χ3v) is 7.67. The van der Waals surface area contributed by atoms with Crippen LogP contribution in [0.25, 0.3) is 0 Å². The first kappa shape index (κ1) is 59.1. The summed E-state index contributed by atoms with van der Waals surface area (Å²) in [5.41, 5.74) is 3.04. The van der Waals surface area contributed by atoms with Crippen LogP contribution >= 0.6 is 69.6 Å². The summed E-state index contributed by atoms with van der Waals surface area (Å²) in [6.07, 6.45) is 5.08. The SMILES string of the molecule is O=C1CCc2cc(Cl)ncc2N1.O=C1CCc2nc(Cl)ccc2N1.O=[N+]([O-])c1ccc(Cl)nc1Cl.O=[N+]([O-])c1cnc(Cl)cc1Cl.[CH2-]C(=O)OCC.[CH2-]C(=O)OCC.[Y].[Y]. The molecule has 0 fully saturated rings. The molecule has 318 valence electrons. The molecule has 4 aromatic heterocycles. The van der Waals surface area contributed by atoms with Crippen molar-refractivity contribution in [1.29, 1.82) is 0 Å². The number of aromatic nitrogens is 4. The average molecular weight is 1100 g/mol. The van der Waals surface area contributed by atoms with Crippen molar-refractivity contribution in [2.24, 2.45) is 0 Å². The van der Waals surface area contributed by atoms with Crippen LogP contribution in [0.15, 0.2) is 48.8 Å². The molecule has 0 aliphatic carbocycles. The van der Waals surface area contributed by atoms with E-state index < -0.39 is 21.8 Å². The summed E-state index contributed by atoms with van der Waals surface area (Å²) < 4.78 is 8.58. The quantitative estimate of drug-likeness (QED) is 0.0639. The van der Waals surface area contributed by atoms with Gasteiger partial charge in [-0.3, -0.25) is 53.3 Å². The first-order valence-corrected chi connectivity index (χ1v) is 18.3. The van der Waals surface area contributed by atoms with Gasteiger partial charge in [-0.05, 0) is 50.1 Å². The number of hydrogen-bond donors (Lipinski definition) is 2. The topological polar surface area (TPSA) is 249 Å². The number of amides is 2. The minimum Gasteiger partial charge on any atom is -0.489 e. The average Bonchev–Trinajstić information content (AvgIpc) is 3.13. The Balaban J connectivity index is 0. The van der Waals surface area contributed by atoms with E-state index in [-0.39, 0.29) is 109 Å². The molecular weight excluding hydrogens is 1070 g/mol. The number of aryl methyl sites for hydroxylation is 2. The molecule has 6 rings (SSSR count). The summed E-state index contributed by atoms with van der Waals surface area (Å²) >= 11 is 33.0. The molecule has 18 nitrogen and oxygen atoms in total. The molecule has 60 heavy (non-hydrogen) atoms. The van der Waals surface area contributed by atoms with Crippen LogP contribution in [-0.2, 0) is 107 Å². The van der Waals surface area contributed by atoms with Gasteiger partial charge in [0.2, 0.25) is 17.0 Å². The largest absolute Gasteiger partial charge is 0.489 e. The number of esters is 2. The van der Waals surface area contributed by atoms with Crippen molar-refractivity contribution in [3.63, 3.8) is 0 Å². The van der Waals surface area contributed by atoms with Crippen LogP contribution in [0.3, 0.4) is 0 Å². The van der Waals surface area contributed by atoms with Gasteiger partial charge < -0.3 is 20.1 Å². The smallest absolute Gasteiger partial charge is 0.306 e. The molecule has 0 saturated heterocycles. The number of nitrogens with zero attached hydrogens (tertiary/aromatic N) is 6. The minimum atomic E-state index is -0.619. The van der Waals surface area contributed by atoms with Gasteiger partial charge in [0, 0.05) is 96.8 Å². The molecule has 2 N–H and O–H groups in total. The molecule has 2 aliphatic rings. The zero-order chi connectivity index (χ0) is 43.9. The Kier molecular flexibility index (Phi) is 31.3. The first-order chi connectivity index (χ1) is 27.3. The molecule has 6 heterocycles. The molecule has 2 amide bonds. The van der Waals surface area contributed by atoms with Gasteiger partial charge in [0.1, 0.15) is 31.8 Å². The van der Waals surface area contributed by atoms with Crippen molar-refractivity contribution < 1.29 is 104 Å². The van der Waals surface area contributed by atoms with E-state index in [1.165, 1.54) is 18.2 Å². The van der Waals surface area contributed by atoms with Crippen LogP contribution in [0.4, 0.5) is 22.7 Å². The van der Waals surface area contributed by atoms with Gasteiger partial charge in [-0.1, -0.05) is 69.6 Å². The van der Waals surface area contributed by atoms with Gasteiger partial charge in [0.05, 0.1) is 46.3 Å². The zero-order valence-corrected chi connectivity index (χ0v) is 41.7. The van der Waals surface area contributed by atoms with Crippen molar-refractivity contribution in [3.05, 3.63) is 125 Å². The number of carbonyl (C=O) groups excluding carboxylic acids is 4. The molecule has 2 radical (unpaired) electrons. The predicted molar refractivity (Wildman–Crippen MR) is 218 cm³/mol. The van der Waals surface area contributed by atoms with E-state index in [9.17, 15) is 39.4 Å². The van der Waals surface area contributed by atoms with Crippen LogP contribution in [0.5, 0.6) is 0 Å². The molecule has 0 spiro atoms. The number of halogens is 6. The Morgan fingerprint density at radius 2 is 1.17 bits per heavy atom. The Bertz CT molecular complexity index is 1950. The minimum absolute atomic E-state index is 0. The number of nitrogens with one attached hydrogen (secondary N) is 2. The van der Waals surface area contributed by atoms with Crippen molar-refractivity contribution in [3.8, 4) is 0 Å². The number of rotatable bonds is 4. The third-order valence-electron chi connectivity index (χ3n) is 6.25. The monoisotopic (exact) mass is 1100 g/mol. The molecule has 0 saturated carbocycles. The standard InChI is InChI=1S/2C8H7ClN2O.2C5H2Cl2N2O2.2C4H7O2.2Y/c9-7-3-1-6-5(10-7)2-4-8(12)11-6;9-7-3-5-1-2-8(12)11-6(5)4-10-7;6-3-1-5(7)8-2-4(3)9(10)11;6-4-2-1-3(9(10)11)5(7)8-4;2*1-3-6-4(2)5;;/h1,3H,2,4H2,(H,11,12);3-4H,1-2H2,(H,11,12);2*1-2H;2*2-3H2,1H3;;/q;;;;2*-1;;. The number of pyridine rings is 4. The maximum absolute atomic E-state index is 10.9. The summed E-state index contributed by atoms with van der Waals surface area (Å²) in [4.78, 5) is 75.4. The molecule has 0 unspecified atom stereocenters. The fourth-order valence-electron chi connectivity index (χ4n) is 3.87. The second-order valence-corrected chi connectivity index (χ2v) is 12.7. The van der Waals surface area contributed by atoms with E-state index >= 15 is 0 Å². The maximum Gasteiger partial charge on any atom is 0.306 e. The number of fused-ring (bicyclic) bond motifs is 2. The normalized spacial score (nSPS) is 11.1. The summed E-state index contributed by atoms with van der Waals surface area (Å²) in [6.45, 7) is 10.3. The summed E-state index contributed by atoms with van der Waals surface area (Å²) in [6, 6.07) is 8.98. The van der Waals surface area contributed by atoms with E-state index in [1.54, 1.807) is 38.2 Å². The molecule has 0 atom stereocenters. The number of nitro groups is 2. The van der Waals surface area contributed by atoms with Crippen molar-refractivity contribution in [1.82, 2.24) is 19.9 Å². The molecule has 0 bridgehead atoms. The van der Waals surface area contributed by atoms with Crippen LogP contribution in [0.1, 0.15) is 37.9 Å². The third kappa shape index (κ3) is 24.4. The van der Waals surface area contributed by atoms with Crippen LogP contribution < -0.4 is 10.6 Å². The fraction of sp³-hybridized carbons (Fsp3) is 0.235. The number of ether oxygens (including phenoxy) is 2. The van der Waals surface area contributed by atoms with E-state index in [0.717, 1.165) is 35.2 Å². The Labute approximate surface area is 423 Å². The van der Waals surface area contributed by atoms with E-state index in [4.69, 9.17) is 69.6 Å². The molecule has 4 aromatic rings. The Morgan fingerprint density at radius 1 is 0.683 bits per heavy atom. The van der Waals surface area contributed by atoms with Crippen LogP contribution in [0.2, 0.25) is 30.8 Å². The molecule has 0 aromatic carbocycles. The molecular formula is C34H32Cl6N8O10Y2-2. The summed E-state index contributed by atoms with van der Waals surface area (Å²) in [5.74, 6) is -0.826. The van der Waals surface area contributed by atoms with Gasteiger partial charge >= 0.3 is 11.4 Å². The van der Waals surface area contributed by atoms with Crippen molar-refractivity contribution in [2.75, 3.05) is 23.8 Å². The van der Waals surface area contributed by atoms with Crippen LogP contribution in [0, 0.1) is 34.1 Å². The van der Waals surface area contributed by atoms with E-state index in [2.05, 4.69) is 53.9 Å². The first-order valence-electron chi connectivity index (χ1n) is 16.1. The van der Waals surface area contributed by atoms with Gasteiger partial charge in [-0.2, -0.15) is 0 Å². The van der Waals surface area contributed by atoms with E-state index in [0.29, 0.717) is 42.8 Å². The van der Waals surface area contributed by atoms with Gasteiger partial charge in [0.15, 0.2) is 11.9 Å². The van der Waals surface area contributed by atoms with Crippen molar-refractivity contribution >= 4 is 116 Å². The van der Waals surface area contributed by atoms with Crippen molar-refractivity contribution in [2.45, 2.75) is 39.5 Å². The second-order valence-electron chi connectivity index (χ2n) is 10.4. The Hall–Kier alpha value is -3.03. The molecule has 26 heteroatoms. The summed E-state index contributed by atoms with van der Waals surface area (Å²) in [5, 5.41) is 26.8. The van der Waals surface area contributed by atoms with Gasteiger partial charge in [-0.25, -0.2) is 19.9 Å². The number of hydrogen-bond acceptors (Lipinski definition) is 14. The Morgan fingerprint density at radius 3 is 1.65 bits per heavy atom. The number of anilines is 2. The fourth-order valence-corrected chi connectivity index (χ4v) is 5.06.